The number of carbonyl (C=O) groups excluding carboxylic acids is 1. The number of hydrogen-bond acceptors (Lipinski definition) is 3. The zero-order valence-electron chi connectivity index (χ0n) is 15.4. The third kappa shape index (κ3) is 4.37. The summed E-state index contributed by atoms with van der Waals surface area (Å²) >= 11 is 0. The number of aliphatic hydroxyl groups is 1. The van der Waals surface area contributed by atoms with Gasteiger partial charge in [-0.3, -0.25) is 9.69 Å². The summed E-state index contributed by atoms with van der Waals surface area (Å²) in [6.45, 7) is 8.85. The van der Waals surface area contributed by atoms with Crippen LogP contribution in [0.5, 0.6) is 0 Å². The van der Waals surface area contributed by atoms with E-state index in [1.807, 2.05) is 0 Å². The molecule has 0 atom stereocenters. The molecule has 2 N–H and O–H groups in total. The third-order valence-electron chi connectivity index (χ3n) is 5.63. The molecule has 1 amide bonds. The topological polar surface area (TPSA) is 52.6 Å². The number of nitrogens with zero attached hydrogens (tertiary/aromatic N) is 1. The number of rotatable bonds is 7. The van der Waals surface area contributed by atoms with Crippen molar-refractivity contribution in [3.05, 3.63) is 29.3 Å². The molecule has 0 spiro atoms. The van der Waals surface area contributed by atoms with E-state index in [0.717, 1.165) is 50.9 Å². The third-order valence-corrected chi connectivity index (χ3v) is 5.63. The van der Waals surface area contributed by atoms with Crippen molar-refractivity contribution >= 4 is 11.6 Å². The first-order chi connectivity index (χ1) is 11.6. The SMILES string of the molecule is CCc1cccc(CC)c1NC(=O)CN1CCC(CC)(CO)CC1. The molecule has 1 aliphatic heterocycles. The number of para-hydroxylation sites is 1. The molecule has 0 aliphatic carbocycles. The second-order valence-electron chi connectivity index (χ2n) is 6.99. The van der Waals surface area contributed by atoms with Gasteiger partial charge in [-0.05, 0) is 61.7 Å². The van der Waals surface area contributed by atoms with Crippen LogP contribution in [0.3, 0.4) is 0 Å². The monoisotopic (exact) mass is 332 g/mol. The zero-order valence-corrected chi connectivity index (χ0v) is 15.4. The molecule has 134 valence electrons. The molecule has 1 saturated heterocycles. The Morgan fingerprint density at radius 3 is 2.21 bits per heavy atom. The molecule has 0 radical (unpaired) electrons. The van der Waals surface area contributed by atoms with Crippen LogP contribution in [0.15, 0.2) is 18.2 Å². The number of anilines is 1. The molecule has 1 heterocycles. The van der Waals surface area contributed by atoms with Crippen molar-refractivity contribution in [3.63, 3.8) is 0 Å². The number of carbonyl (C=O) groups is 1. The van der Waals surface area contributed by atoms with Crippen LogP contribution >= 0.6 is 0 Å². The predicted molar refractivity (Wildman–Crippen MR) is 99.3 cm³/mol. The lowest BCUT2D eigenvalue weighted by Crippen LogP contribution is -2.44. The van der Waals surface area contributed by atoms with Crippen LogP contribution in [0.1, 0.15) is 51.2 Å². The van der Waals surface area contributed by atoms with Gasteiger partial charge in [0.15, 0.2) is 0 Å². The molecule has 2 rings (SSSR count). The van der Waals surface area contributed by atoms with Crippen molar-refractivity contribution in [2.45, 2.75) is 52.9 Å². The summed E-state index contributed by atoms with van der Waals surface area (Å²) in [6.07, 6.45) is 4.79. The number of aliphatic hydroxyl groups excluding tert-OH is 1. The first-order valence-electron chi connectivity index (χ1n) is 9.31. The Bertz CT molecular complexity index is 520. The molecule has 4 heteroatoms. The number of nitrogens with one attached hydrogen (secondary N) is 1. The highest BCUT2D eigenvalue weighted by Crippen LogP contribution is 2.34. The minimum atomic E-state index is 0.0666. The smallest absolute Gasteiger partial charge is 0.238 e. The highest BCUT2D eigenvalue weighted by Gasteiger charge is 2.32. The summed E-state index contributed by atoms with van der Waals surface area (Å²) in [5, 5.41) is 12.8. The fraction of sp³-hybridized carbons (Fsp3) is 0.650. The van der Waals surface area contributed by atoms with E-state index in [-0.39, 0.29) is 17.9 Å². The fourth-order valence-corrected chi connectivity index (χ4v) is 3.59. The molecule has 0 aromatic heterocycles. The van der Waals surface area contributed by atoms with Crippen molar-refractivity contribution in [3.8, 4) is 0 Å². The van der Waals surface area contributed by atoms with Gasteiger partial charge >= 0.3 is 0 Å². The highest BCUT2D eigenvalue weighted by atomic mass is 16.3. The second kappa shape index (κ2) is 8.63. The lowest BCUT2D eigenvalue weighted by molar-refractivity contribution is -0.118. The van der Waals surface area contributed by atoms with Crippen LogP contribution in [-0.2, 0) is 17.6 Å². The molecule has 1 aliphatic rings. The van der Waals surface area contributed by atoms with Crippen molar-refractivity contribution < 1.29 is 9.90 Å². The van der Waals surface area contributed by atoms with E-state index in [0.29, 0.717) is 6.54 Å². The van der Waals surface area contributed by atoms with E-state index in [2.05, 4.69) is 49.2 Å². The maximum Gasteiger partial charge on any atom is 0.238 e. The lowest BCUT2D eigenvalue weighted by atomic mass is 9.77. The first kappa shape index (κ1) is 18.9. The molecule has 1 aromatic rings. The summed E-state index contributed by atoms with van der Waals surface area (Å²) in [7, 11) is 0. The van der Waals surface area contributed by atoms with Gasteiger partial charge in [0.05, 0.1) is 6.54 Å². The number of hydrogen-bond donors (Lipinski definition) is 2. The molecule has 0 unspecified atom stereocenters. The minimum Gasteiger partial charge on any atom is -0.396 e. The zero-order chi connectivity index (χ0) is 17.6. The average Bonchev–Trinajstić information content (AvgIpc) is 2.62. The molecule has 1 fully saturated rings. The summed E-state index contributed by atoms with van der Waals surface area (Å²) < 4.78 is 0. The van der Waals surface area contributed by atoms with Gasteiger partial charge in [0.25, 0.3) is 0 Å². The summed E-state index contributed by atoms with van der Waals surface area (Å²) in [6, 6.07) is 6.25. The van der Waals surface area contributed by atoms with Crippen molar-refractivity contribution in [1.82, 2.24) is 4.90 Å². The number of likely N-dealkylation sites (tertiary alicyclic amines) is 1. The fourth-order valence-electron chi connectivity index (χ4n) is 3.59. The van der Waals surface area contributed by atoms with Crippen molar-refractivity contribution in [2.75, 3.05) is 31.6 Å². The predicted octanol–water partition coefficient (Wildman–Crippen LogP) is 3.23. The van der Waals surface area contributed by atoms with Crippen LogP contribution in [0.25, 0.3) is 0 Å². The van der Waals surface area contributed by atoms with Crippen molar-refractivity contribution in [2.24, 2.45) is 5.41 Å². The molecule has 24 heavy (non-hydrogen) atoms. The van der Waals surface area contributed by atoms with Gasteiger partial charge in [0, 0.05) is 12.3 Å². The minimum absolute atomic E-state index is 0.0666. The standard InChI is InChI=1S/C20H32N2O2/c1-4-16-8-7-9-17(5-2)19(16)21-18(24)14-22-12-10-20(6-3,15-23)11-13-22/h7-9,23H,4-6,10-15H2,1-3H3,(H,21,24). The van der Waals surface area contributed by atoms with Gasteiger partial charge in [-0.2, -0.15) is 0 Å². The van der Waals surface area contributed by atoms with Crippen molar-refractivity contribution in [1.29, 1.82) is 0 Å². The Morgan fingerprint density at radius 2 is 1.75 bits per heavy atom. The quantitative estimate of drug-likeness (QED) is 0.806. The summed E-state index contributed by atoms with van der Waals surface area (Å²) in [4.78, 5) is 14.7. The van der Waals surface area contributed by atoms with Gasteiger partial charge in [0.2, 0.25) is 5.91 Å². The Balaban J connectivity index is 1.95. The van der Waals surface area contributed by atoms with Gasteiger partial charge in [-0.1, -0.05) is 39.0 Å². The largest absolute Gasteiger partial charge is 0.396 e. The number of piperidine rings is 1. The molecule has 1 aromatic carbocycles. The van der Waals surface area contributed by atoms with E-state index < -0.39 is 0 Å². The molecule has 0 bridgehead atoms. The van der Waals surface area contributed by atoms with E-state index in [4.69, 9.17) is 0 Å². The summed E-state index contributed by atoms with van der Waals surface area (Å²) in [5.41, 5.74) is 3.47. The molecular formula is C20H32N2O2. The van der Waals surface area contributed by atoms with Gasteiger partial charge in [-0.15, -0.1) is 0 Å². The van der Waals surface area contributed by atoms with Crippen LogP contribution < -0.4 is 5.32 Å². The Morgan fingerprint density at radius 1 is 1.17 bits per heavy atom. The van der Waals surface area contributed by atoms with Crippen LogP contribution in [0, 0.1) is 5.41 Å². The number of benzene rings is 1. The Hall–Kier alpha value is -1.39. The Kier molecular flexibility index (Phi) is 6.81. The molecular weight excluding hydrogens is 300 g/mol. The van der Waals surface area contributed by atoms with E-state index in [1.54, 1.807) is 0 Å². The average molecular weight is 332 g/mol. The van der Waals surface area contributed by atoms with Crippen LogP contribution in [-0.4, -0.2) is 42.2 Å². The van der Waals surface area contributed by atoms with Gasteiger partial charge in [-0.25, -0.2) is 0 Å². The number of aryl methyl sites for hydroxylation is 2. The van der Waals surface area contributed by atoms with E-state index in [9.17, 15) is 9.90 Å². The van der Waals surface area contributed by atoms with Gasteiger partial charge in [0.1, 0.15) is 0 Å². The maximum absolute atomic E-state index is 12.5. The first-order valence-corrected chi connectivity index (χ1v) is 9.31. The van der Waals surface area contributed by atoms with Crippen LogP contribution in [0.4, 0.5) is 5.69 Å². The second-order valence-corrected chi connectivity index (χ2v) is 6.99. The molecule has 0 saturated carbocycles. The normalized spacial score (nSPS) is 17.7. The van der Waals surface area contributed by atoms with E-state index in [1.165, 1.54) is 11.1 Å². The van der Waals surface area contributed by atoms with E-state index >= 15 is 0 Å². The number of amides is 1. The maximum atomic E-state index is 12.5. The lowest BCUT2D eigenvalue weighted by Gasteiger charge is -2.40. The Labute approximate surface area is 146 Å². The van der Waals surface area contributed by atoms with Crippen LogP contribution in [0.2, 0.25) is 0 Å². The molecule has 4 nitrogen and oxygen atoms in total. The summed E-state index contributed by atoms with van der Waals surface area (Å²) in [5.74, 6) is 0.0681. The highest BCUT2D eigenvalue weighted by molar-refractivity contribution is 5.93. The van der Waals surface area contributed by atoms with Gasteiger partial charge < -0.3 is 10.4 Å².